The Morgan fingerprint density at radius 1 is 1.38 bits per heavy atom. The SMILES string of the molecule is C[C@H]1[C@H](NC(=O)c2cnc(-c3cccc(Br)c3)s2)C2CCN1CC2. The van der Waals surface area contributed by atoms with Gasteiger partial charge in [-0.15, -0.1) is 11.3 Å². The lowest BCUT2D eigenvalue weighted by Crippen LogP contribution is -2.62. The van der Waals surface area contributed by atoms with Crippen molar-refractivity contribution in [2.75, 3.05) is 13.1 Å². The van der Waals surface area contributed by atoms with Crippen LogP contribution in [0, 0.1) is 5.92 Å². The minimum atomic E-state index is 0.0133. The molecule has 4 heterocycles. The van der Waals surface area contributed by atoms with Gasteiger partial charge in [0, 0.05) is 22.1 Å². The molecule has 0 aliphatic carbocycles. The maximum absolute atomic E-state index is 12.7. The number of piperidine rings is 3. The van der Waals surface area contributed by atoms with Crippen LogP contribution >= 0.6 is 27.3 Å². The fourth-order valence-corrected chi connectivity index (χ4v) is 5.12. The molecule has 0 saturated carbocycles. The Labute approximate surface area is 154 Å². The van der Waals surface area contributed by atoms with E-state index in [0.717, 1.165) is 15.0 Å². The summed E-state index contributed by atoms with van der Waals surface area (Å²) in [6, 6.07) is 8.70. The van der Waals surface area contributed by atoms with E-state index in [1.807, 2.05) is 24.3 Å². The second-order valence-electron chi connectivity index (χ2n) is 6.65. The summed E-state index contributed by atoms with van der Waals surface area (Å²) in [5, 5.41) is 4.15. The van der Waals surface area contributed by atoms with Crippen molar-refractivity contribution in [2.45, 2.75) is 31.8 Å². The van der Waals surface area contributed by atoms with Crippen molar-refractivity contribution in [3.63, 3.8) is 0 Å². The van der Waals surface area contributed by atoms with Crippen molar-refractivity contribution in [3.8, 4) is 10.6 Å². The molecule has 3 fully saturated rings. The molecule has 0 radical (unpaired) electrons. The van der Waals surface area contributed by atoms with Crippen LogP contribution < -0.4 is 5.32 Å². The van der Waals surface area contributed by atoms with E-state index in [0.29, 0.717) is 16.8 Å². The first-order valence-electron chi connectivity index (χ1n) is 8.38. The number of thiazole rings is 1. The topological polar surface area (TPSA) is 45.2 Å². The number of carbonyl (C=O) groups excluding carboxylic acids is 1. The minimum absolute atomic E-state index is 0.0133. The number of rotatable bonds is 3. The van der Waals surface area contributed by atoms with Crippen LogP contribution in [0.4, 0.5) is 0 Å². The number of nitrogens with zero attached hydrogens (tertiary/aromatic N) is 2. The lowest BCUT2D eigenvalue weighted by Gasteiger charge is -2.49. The Morgan fingerprint density at radius 3 is 2.88 bits per heavy atom. The van der Waals surface area contributed by atoms with E-state index in [-0.39, 0.29) is 11.9 Å². The minimum Gasteiger partial charge on any atom is -0.347 e. The fraction of sp³-hybridized carbons (Fsp3) is 0.444. The van der Waals surface area contributed by atoms with E-state index in [4.69, 9.17) is 0 Å². The monoisotopic (exact) mass is 405 g/mol. The quantitative estimate of drug-likeness (QED) is 0.844. The fourth-order valence-electron chi connectivity index (χ4n) is 3.90. The van der Waals surface area contributed by atoms with Crippen molar-refractivity contribution >= 4 is 33.2 Å². The zero-order chi connectivity index (χ0) is 16.7. The van der Waals surface area contributed by atoms with E-state index in [9.17, 15) is 4.79 Å². The molecule has 6 heteroatoms. The molecule has 3 aliphatic heterocycles. The van der Waals surface area contributed by atoms with Gasteiger partial charge in [0.05, 0.1) is 6.20 Å². The molecule has 0 unspecified atom stereocenters. The van der Waals surface area contributed by atoms with E-state index in [1.54, 1.807) is 6.20 Å². The highest BCUT2D eigenvalue weighted by molar-refractivity contribution is 9.10. The lowest BCUT2D eigenvalue weighted by molar-refractivity contribution is 0.0218. The summed E-state index contributed by atoms with van der Waals surface area (Å²) in [5.74, 6) is 0.630. The summed E-state index contributed by atoms with van der Waals surface area (Å²) in [7, 11) is 0. The Kier molecular flexibility index (Phi) is 4.45. The molecule has 3 saturated heterocycles. The number of hydrogen-bond donors (Lipinski definition) is 1. The van der Waals surface area contributed by atoms with Gasteiger partial charge in [-0.25, -0.2) is 4.98 Å². The third-order valence-corrected chi connectivity index (χ3v) is 6.82. The van der Waals surface area contributed by atoms with Gasteiger partial charge in [-0.1, -0.05) is 28.1 Å². The average Bonchev–Trinajstić information content (AvgIpc) is 3.09. The highest BCUT2D eigenvalue weighted by Crippen LogP contribution is 2.33. The zero-order valence-electron chi connectivity index (χ0n) is 13.5. The molecule has 2 bridgehead atoms. The lowest BCUT2D eigenvalue weighted by atomic mass is 9.79. The van der Waals surface area contributed by atoms with Crippen LogP contribution in [0.15, 0.2) is 34.9 Å². The number of hydrogen-bond acceptors (Lipinski definition) is 4. The van der Waals surface area contributed by atoms with Crippen LogP contribution in [-0.2, 0) is 0 Å². The maximum atomic E-state index is 12.7. The van der Waals surface area contributed by atoms with Crippen molar-refractivity contribution in [1.29, 1.82) is 0 Å². The predicted octanol–water partition coefficient (Wildman–Crippen LogP) is 3.79. The van der Waals surface area contributed by atoms with Crippen LogP contribution in [0.25, 0.3) is 10.6 Å². The number of halogens is 1. The van der Waals surface area contributed by atoms with Crippen LogP contribution in [0.2, 0.25) is 0 Å². The Balaban J connectivity index is 1.49. The average molecular weight is 406 g/mol. The first-order valence-corrected chi connectivity index (χ1v) is 9.99. The molecule has 4 nitrogen and oxygen atoms in total. The second-order valence-corrected chi connectivity index (χ2v) is 8.60. The number of nitrogens with one attached hydrogen (secondary N) is 1. The first-order chi connectivity index (χ1) is 11.6. The van der Waals surface area contributed by atoms with Gasteiger partial charge in [0.25, 0.3) is 5.91 Å². The van der Waals surface area contributed by atoms with Crippen molar-refractivity contribution < 1.29 is 4.79 Å². The molecule has 24 heavy (non-hydrogen) atoms. The summed E-state index contributed by atoms with van der Waals surface area (Å²) in [5.41, 5.74) is 1.03. The predicted molar refractivity (Wildman–Crippen MR) is 100 cm³/mol. The smallest absolute Gasteiger partial charge is 0.263 e. The maximum Gasteiger partial charge on any atom is 0.263 e. The van der Waals surface area contributed by atoms with Gasteiger partial charge in [-0.05, 0) is 50.9 Å². The van der Waals surface area contributed by atoms with Crippen molar-refractivity contribution in [3.05, 3.63) is 39.8 Å². The van der Waals surface area contributed by atoms with Gasteiger partial charge >= 0.3 is 0 Å². The van der Waals surface area contributed by atoms with E-state index < -0.39 is 0 Å². The van der Waals surface area contributed by atoms with Gasteiger partial charge in [-0.2, -0.15) is 0 Å². The molecule has 2 atom stereocenters. The first kappa shape index (κ1) is 16.2. The summed E-state index contributed by atoms with van der Waals surface area (Å²) in [6.07, 6.45) is 4.09. The number of fused-ring (bicyclic) bond motifs is 3. The molecule has 1 aromatic carbocycles. The zero-order valence-corrected chi connectivity index (χ0v) is 15.9. The molecule has 0 spiro atoms. The van der Waals surface area contributed by atoms with Gasteiger partial charge in [0.1, 0.15) is 9.88 Å². The number of benzene rings is 1. The van der Waals surface area contributed by atoms with E-state index in [2.05, 4.69) is 38.1 Å². The molecular formula is C18H20BrN3OS. The van der Waals surface area contributed by atoms with E-state index in [1.165, 1.54) is 37.3 Å². The Bertz CT molecular complexity index is 752. The standard InChI is InChI=1S/C18H20BrN3OS/c1-11-16(12-5-7-22(11)8-6-12)21-17(23)15-10-20-18(24-15)13-3-2-4-14(19)9-13/h2-4,9-12,16H,5-8H2,1H3,(H,21,23)/t11-,16-/m0/s1. The van der Waals surface area contributed by atoms with Gasteiger partial charge < -0.3 is 5.32 Å². The summed E-state index contributed by atoms with van der Waals surface area (Å²) in [4.78, 5) is 20.3. The molecule has 1 aromatic heterocycles. The van der Waals surface area contributed by atoms with Gasteiger partial charge in [0.2, 0.25) is 0 Å². The van der Waals surface area contributed by atoms with Crippen LogP contribution in [0.1, 0.15) is 29.4 Å². The highest BCUT2D eigenvalue weighted by atomic mass is 79.9. The van der Waals surface area contributed by atoms with Gasteiger partial charge in [0.15, 0.2) is 0 Å². The third-order valence-electron chi connectivity index (χ3n) is 5.28. The third kappa shape index (κ3) is 3.03. The number of amides is 1. The molecule has 5 rings (SSSR count). The molecule has 1 amide bonds. The Hall–Kier alpha value is -1.24. The second kappa shape index (κ2) is 6.58. The van der Waals surface area contributed by atoms with E-state index >= 15 is 0 Å². The Morgan fingerprint density at radius 2 is 2.17 bits per heavy atom. The summed E-state index contributed by atoms with van der Waals surface area (Å²) in [6.45, 7) is 4.58. The molecular weight excluding hydrogens is 386 g/mol. The molecule has 126 valence electrons. The molecule has 1 N–H and O–H groups in total. The molecule has 3 aliphatic rings. The largest absolute Gasteiger partial charge is 0.347 e. The van der Waals surface area contributed by atoms with Crippen LogP contribution in [0.5, 0.6) is 0 Å². The van der Waals surface area contributed by atoms with Crippen LogP contribution in [-0.4, -0.2) is 41.0 Å². The van der Waals surface area contributed by atoms with Crippen molar-refractivity contribution in [1.82, 2.24) is 15.2 Å². The van der Waals surface area contributed by atoms with Crippen LogP contribution in [0.3, 0.4) is 0 Å². The highest BCUT2D eigenvalue weighted by Gasteiger charge is 2.40. The van der Waals surface area contributed by atoms with Crippen molar-refractivity contribution in [2.24, 2.45) is 5.92 Å². The number of carbonyl (C=O) groups is 1. The number of aromatic nitrogens is 1. The summed E-state index contributed by atoms with van der Waals surface area (Å²) >= 11 is 4.93. The molecule has 2 aromatic rings. The summed E-state index contributed by atoms with van der Waals surface area (Å²) < 4.78 is 1.02. The van der Waals surface area contributed by atoms with Gasteiger partial charge in [-0.3, -0.25) is 9.69 Å². The normalized spacial score (nSPS) is 28.8.